The lowest BCUT2D eigenvalue weighted by Gasteiger charge is -2.21. The predicted octanol–water partition coefficient (Wildman–Crippen LogP) is 2.94. The van der Waals surface area contributed by atoms with Gasteiger partial charge in [0.25, 0.3) is 0 Å². The molecule has 0 aliphatic carbocycles. The molecule has 9 heteroatoms. The van der Waals surface area contributed by atoms with Crippen molar-refractivity contribution in [1.82, 2.24) is 5.43 Å². The molecule has 112 valence electrons. The van der Waals surface area contributed by atoms with E-state index >= 15 is 0 Å². The molecule has 1 amide bonds. The average Bonchev–Trinajstić information content (AvgIpc) is 2.36. The molecule has 0 aromatic heterocycles. The van der Waals surface area contributed by atoms with E-state index in [0.29, 0.717) is 0 Å². The summed E-state index contributed by atoms with van der Waals surface area (Å²) in [5.41, 5.74) is 2.34. The van der Waals surface area contributed by atoms with Gasteiger partial charge in [-0.1, -0.05) is 0 Å². The van der Waals surface area contributed by atoms with Crippen LogP contribution in [0.2, 0.25) is 0 Å². The molecule has 0 fully saturated rings. The molecule has 0 bridgehead atoms. The van der Waals surface area contributed by atoms with Gasteiger partial charge < -0.3 is 13.8 Å². The largest absolute Gasteiger partial charge is 0.449 e. The molecule has 0 aromatic rings. The summed E-state index contributed by atoms with van der Waals surface area (Å²) in [5, 5.41) is 2.63. The molecule has 0 saturated heterocycles. The summed E-state index contributed by atoms with van der Waals surface area (Å²) >= 11 is 6.02. The van der Waals surface area contributed by atoms with E-state index in [1.165, 1.54) is 6.92 Å². The maximum Gasteiger partial charge on any atom is 0.427 e. The molecule has 0 radical (unpaired) electrons. The third-order valence-corrected chi connectivity index (χ3v) is 5.04. The Morgan fingerprint density at radius 3 is 2.21 bits per heavy atom. The van der Waals surface area contributed by atoms with Crippen molar-refractivity contribution in [2.45, 2.75) is 32.8 Å². The number of hydrogen-bond donors (Lipinski definition) is 1. The van der Waals surface area contributed by atoms with E-state index < -0.39 is 18.8 Å². The van der Waals surface area contributed by atoms with Crippen LogP contribution in [0.3, 0.4) is 0 Å². The van der Waals surface area contributed by atoms with E-state index in [0.717, 1.165) is 0 Å². The summed E-state index contributed by atoms with van der Waals surface area (Å²) in [4.78, 5) is 11.1. The van der Waals surface area contributed by atoms with Crippen LogP contribution >= 0.6 is 19.2 Å². The highest BCUT2D eigenvalue weighted by Gasteiger charge is 2.36. The minimum absolute atomic E-state index is 0.194. The number of hydrazone groups is 1. The number of nitrogens with one attached hydrogen (secondary N) is 1. The van der Waals surface area contributed by atoms with Crippen molar-refractivity contribution in [1.29, 1.82) is 0 Å². The van der Waals surface area contributed by atoms with Crippen LogP contribution in [0.5, 0.6) is 0 Å². The van der Waals surface area contributed by atoms with Gasteiger partial charge in [-0.05, 0) is 27.7 Å². The van der Waals surface area contributed by atoms with Gasteiger partial charge in [0.1, 0.15) is 0 Å². The van der Waals surface area contributed by atoms with Gasteiger partial charge in [-0.15, -0.1) is 11.6 Å². The van der Waals surface area contributed by atoms with E-state index in [1.54, 1.807) is 20.8 Å². The van der Waals surface area contributed by atoms with E-state index in [4.69, 9.17) is 20.6 Å². The number of carbonyl (C=O) groups is 1. The van der Waals surface area contributed by atoms with Gasteiger partial charge in [0.15, 0.2) is 5.12 Å². The highest BCUT2D eigenvalue weighted by Crippen LogP contribution is 2.55. The molecule has 0 aliphatic rings. The fourth-order valence-electron chi connectivity index (χ4n) is 1.11. The van der Waals surface area contributed by atoms with Crippen LogP contribution in [-0.2, 0) is 18.3 Å². The van der Waals surface area contributed by atoms with Crippen LogP contribution in [0.25, 0.3) is 0 Å². The van der Waals surface area contributed by atoms with Gasteiger partial charge in [0, 0.05) is 0 Å². The van der Waals surface area contributed by atoms with Crippen molar-refractivity contribution in [3.05, 3.63) is 0 Å². The molecule has 7 nitrogen and oxygen atoms in total. The lowest BCUT2D eigenvalue weighted by Crippen LogP contribution is -2.23. The molecule has 0 spiro atoms. The topological polar surface area (TPSA) is 86.2 Å². The summed E-state index contributed by atoms with van der Waals surface area (Å²) < 4.78 is 27.1. The Morgan fingerprint density at radius 1 is 1.26 bits per heavy atom. The standard InChI is InChI=1S/C10H20ClN2O5P/c1-5-16-10(14)13-12-8(4)9(11)19(15,17-6-2)18-7-3/h9H,5-7H2,1-4H3,(H,13,14)/b12-8+. The van der Waals surface area contributed by atoms with Crippen molar-refractivity contribution in [2.24, 2.45) is 5.10 Å². The zero-order valence-electron chi connectivity index (χ0n) is 11.5. The number of hydrogen-bond acceptors (Lipinski definition) is 6. The molecule has 0 aliphatic heterocycles. The smallest absolute Gasteiger partial charge is 0.427 e. The Balaban J connectivity index is 4.75. The summed E-state index contributed by atoms with van der Waals surface area (Å²) in [6.45, 7) is 7.14. The first-order chi connectivity index (χ1) is 8.91. The Hall–Kier alpha value is -0.620. The first-order valence-corrected chi connectivity index (χ1v) is 7.95. The summed E-state index contributed by atoms with van der Waals surface area (Å²) in [6.07, 6.45) is -0.714. The van der Waals surface area contributed by atoms with Gasteiger partial charge >= 0.3 is 13.7 Å². The van der Waals surface area contributed by atoms with Gasteiger partial charge in [0.2, 0.25) is 0 Å². The lowest BCUT2D eigenvalue weighted by molar-refractivity contribution is 0.152. The second-order valence-corrected chi connectivity index (χ2v) is 6.15. The average molecular weight is 315 g/mol. The molecule has 19 heavy (non-hydrogen) atoms. The summed E-state index contributed by atoms with van der Waals surface area (Å²) in [6, 6.07) is 0. The number of nitrogens with zero attached hydrogens (tertiary/aromatic N) is 1. The van der Waals surface area contributed by atoms with E-state index in [1.807, 2.05) is 0 Å². The monoisotopic (exact) mass is 314 g/mol. The Morgan fingerprint density at radius 2 is 1.79 bits per heavy atom. The number of ether oxygens (including phenoxy) is 1. The normalized spacial score (nSPS) is 14.1. The zero-order chi connectivity index (χ0) is 14.9. The number of amides is 1. The Kier molecular flexibility index (Phi) is 9.01. The molecule has 1 unspecified atom stereocenters. The molecular weight excluding hydrogens is 295 g/mol. The Bertz CT molecular complexity index is 354. The van der Waals surface area contributed by atoms with Crippen LogP contribution in [0.1, 0.15) is 27.7 Å². The quantitative estimate of drug-likeness (QED) is 0.322. The highest BCUT2D eigenvalue weighted by atomic mass is 35.5. The lowest BCUT2D eigenvalue weighted by atomic mass is 10.5. The molecule has 0 heterocycles. The van der Waals surface area contributed by atoms with Crippen molar-refractivity contribution in [3.63, 3.8) is 0 Å². The van der Waals surface area contributed by atoms with Crippen LogP contribution in [0.4, 0.5) is 4.79 Å². The Labute approximate surface area is 118 Å². The maximum absolute atomic E-state index is 12.3. The number of carbonyl (C=O) groups excluding carboxylic acids is 1. The molecule has 1 N–H and O–H groups in total. The minimum atomic E-state index is -3.50. The fraction of sp³-hybridized carbons (Fsp3) is 0.800. The third-order valence-electron chi connectivity index (χ3n) is 1.84. The van der Waals surface area contributed by atoms with Crippen molar-refractivity contribution >= 4 is 31.0 Å². The molecule has 0 rings (SSSR count). The first-order valence-electron chi connectivity index (χ1n) is 5.91. The molecule has 0 aromatic carbocycles. The molecule has 0 saturated carbocycles. The van der Waals surface area contributed by atoms with Gasteiger partial charge in [-0.3, -0.25) is 4.57 Å². The number of alkyl halides is 1. The molecular formula is C10H20ClN2O5P. The van der Waals surface area contributed by atoms with Crippen LogP contribution < -0.4 is 5.43 Å². The van der Waals surface area contributed by atoms with Crippen LogP contribution in [-0.4, -0.2) is 36.7 Å². The van der Waals surface area contributed by atoms with Gasteiger partial charge in [-0.2, -0.15) is 5.10 Å². The number of halogens is 1. The van der Waals surface area contributed by atoms with E-state index in [2.05, 4.69) is 15.3 Å². The third kappa shape index (κ3) is 6.38. The van der Waals surface area contributed by atoms with Gasteiger partial charge in [0.05, 0.1) is 25.5 Å². The minimum Gasteiger partial charge on any atom is -0.449 e. The van der Waals surface area contributed by atoms with E-state index in [-0.39, 0.29) is 25.5 Å². The first kappa shape index (κ1) is 18.4. The van der Waals surface area contributed by atoms with Crippen molar-refractivity contribution in [3.8, 4) is 0 Å². The van der Waals surface area contributed by atoms with Crippen molar-refractivity contribution < 1.29 is 23.1 Å². The fourth-order valence-corrected chi connectivity index (χ4v) is 3.07. The van der Waals surface area contributed by atoms with Crippen LogP contribution in [0.15, 0.2) is 5.10 Å². The van der Waals surface area contributed by atoms with E-state index in [9.17, 15) is 9.36 Å². The maximum atomic E-state index is 12.3. The zero-order valence-corrected chi connectivity index (χ0v) is 13.2. The molecule has 1 atom stereocenters. The van der Waals surface area contributed by atoms with Gasteiger partial charge in [-0.25, -0.2) is 10.2 Å². The SMILES string of the molecule is CCOC(=O)N/N=C(\C)C(Cl)P(=O)(OCC)OCC. The predicted molar refractivity (Wildman–Crippen MR) is 73.8 cm³/mol. The highest BCUT2D eigenvalue weighted by molar-refractivity contribution is 7.57. The van der Waals surface area contributed by atoms with Crippen LogP contribution in [0, 0.1) is 0 Å². The number of rotatable bonds is 8. The second-order valence-electron chi connectivity index (χ2n) is 3.30. The van der Waals surface area contributed by atoms with Crippen molar-refractivity contribution in [2.75, 3.05) is 19.8 Å². The summed E-state index contributed by atoms with van der Waals surface area (Å²) in [5.74, 6) is 0. The second kappa shape index (κ2) is 9.31. The summed E-state index contributed by atoms with van der Waals surface area (Å²) in [7, 11) is -3.50.